The van der Waals surface area contributed by atoms with Crippen molar-refractivity contribution in [2.45, 2.75) is 32.1 Å². The zero-order valence-corrected chi connectivity index (χ0v) is 8.11. The molecule has 0 nitrogen and oxygen atoms in total. The largest absolute Gasteiger partial charge is 3.00 e. The van der Waals surface area contributed by atoms with E-state index in [0.29, 0.717) is 0 Å². The van der Waals surface area contributed by atoms with Gasteiger partial charge in [0.2, 0.25) is 0 Å². The maximum absolute atomic E-state index is 2.39. The molecule has 0 bridgehead atoms. The topological polar surface area (TPSA) is 0 Å². The molecule has 0 heterocycles. The van der Waals surface area contributed by atoms with E-state index in [9.17, 15) is 0 Å². The molecule has 1 aliphatic carbocycles. The van der Waals surface area contributed by atoms with Gasteiger partial charge in [-0.1, -0.05) is 19.3 Å². The quantitative estimate of drug-likeness (QED) is 0.262. The van der Waals surface area contributed by atoms with E-state index < -0.39 is 0 Å². The number of rotatable bonds is 0. The zero-order valence-electron chi connectivity index (χ0n) is 5.45. The van der Waals surface area contributed by atoms with Gasteiger partial charge in [-0.05, 0) is 0 Å². The Bertz CT molecular complexity index is 26.5. The Morgan fingerprint density at radius 3 is 1.33 bits per heavy atom. The summed E-state index contributed by atoms with van der Waals surface area (Å²) in [5.41, 5.74) is 0. The molecular formula is C6H11AlCl2. The zero-order chi connectivity index (χ0) is 4.24. The average Bonchev–Trinajstić information content (AvgIpc) is 1.72. The molecule has 1 aliphatic rings. The van der Waals surface area contributed by atoms with Crippen molar-refractivity contribution in [3.05, 3.63) is 6.42 Å². The van der Waals surface area contributed by atoms with E-state index in [4.69, 9.17) is 0 Å². The van der Waals surface area contributed by atoms with E-state index >= 15 is 0 Å². The fraction of sp³-hybridized carbons (Fsp3) is 0.833. The number of halogens is 2. The van der Waals surface area contributed by atoms with Crippen molar-refractivity contribution in [1.29, 1.82) is 0 Å². The standard InChI is InChI=1S/C6H11.Al.2ClH/c1-2-4-6-5-3-1;;;/h1H,2-6H2;;2*1H/q-1;+3;;/p-2. The Hall–Kier alpha value is 1.11. The molecule has 0 amide bonds. The summed E-state index contributed by atoms with van der Waals surface area (Å²) in [6.07, 6.45) is 9.50. The summed E-state index contributed by atoms with van der Waals surface area (Å²) in [5, 5.41) is 0. The van der Waals surface area contributed by atoms with Gasteiger partial charge < -0.3 is 31.2 Å². The maximum atomic E-state index is 2.39. The van der Waals surface area contributed by atoms with Crippen LogP contribution in [-0.2, 0) is 0 Å². The van der Waals surface area contributed by atoms with E-state index in [1.807, 2.05) is 0 Å². The minimum absolute atomic E-state index is 0. The van der Waals surface area contributed by atoms with Gasteiger partial charge in [0.25, 0.3) is 0 Å². The molecule has 9 heavy (non-hydrogen) atoms. The number of hydrogen-bond acceptors (Lipinski definition) is 0. The van der Waals surface area contributed by atoms with Crippen LogP contribution in [0.25, 0.3) is 0 Å². The van der Waals surface area contributed by atoms with Crippen LogP contribution >= 0.6 is 0 Å². The van der Waals surface area contributed by atoms with E-state index in [1.165, 1.54) is 32.1 Å². The fourth-order valence-electron chi connectivity index (χ4n) is 0.898. The third-order valence-corrected chi connectivity index (χ3v) is 1.32. The predicted molar refractivity (Wildman–Crippen MR) is 33.1 cm³/mol. The molecule has 0 aliphatic heterocycles. The van der Waals surface area contributed by atoms with Crippen LogP contribution in [0.3, 0.4) is 0 Å². The first kappa shape index (κ1) is 16.6. The monoisotopic (exact) mass is 180 g/mol. The van der Waals surface area contributed by atoms with Gasteiger partial charge in [0.1, 0.15) is 0 Å². The smallest absolute Gasteiger partial charge is 1.00 e. The van der Waals surface area contributed by atoms with Crippen molar-refractivity contribution >= 4 is 17.4 Å². The minimum Gasteiger partial charge on any atom is -1.00 e. The Balaban J connectivity index is -0.000000120. The van der Waals surface area contributed by atoms with Crippen molar-refractivity contribution in [3.8, 4) is 0 Å². The van der Waals surface area contributed by atoms with Crippen molar-refractivity contribution < 1.29 is 24.8 Å². The van der Waals surface area contributed by atoms with E-state index in [0.717, 1.165) is 0 Å². The van der Waals surface area contributed by atoms with Crippen molar-refractivity contribution in [2.75, 3.05) is 0 Å². The molecule has 0 radical (unpaired) electrons. The molecular weight excluding hydrogens is 170 g/mol. The Morgan fingerprint density at radius 1 is 0.778 bits per heavy atom. The van der Waals surface area contributed by atoms with Crippen molar-refractivity contribution in [2.24, 2.45) is 0 Å². The molecule has 52 valence electrons. The summed E-state index contributed by atoms with van der Waals surface area (Å²) in [4.78, 5) is 0. The Labute approximate surface area is 80.7 Å². The molecule has 1 saturated carbocycles. The van der Waals surface area contributed by atoms with Crippen LogP contribution in [0, 0.1) is 6.42 Å². The van der Waals surface area contributed by atoms with Crippen LogP contribution in [0.15, 0.2) is 0 Å². The van der Waals surface area contributed by atoms with Gasteiger partial charge in [-0.3, -0.25) is 0 Å². The third-order valence-electron chi connectivity index (χ3n) is 1.32. The molecule has 0 aromatic carbocycles. The average molecular weight is 181 g/mol. The van der Waals surface area contributed by atoms with Crippen molar-refractivity contribution in [3.63, 3.8) is 0 Å². The van der Waals surface area contributed by atoms with Crippen LogP contribution in [0.4, 0.5) is 0 Å². The Morgan fingerprint density at radius 2 is 1.22 bits per heavy atom. The Kier molecular flexibility index (Phi) is 21.9. The molecule has 1 rings (SSSR count). The first-order valence-corrected chi connectivity index (χ1v) is 2.82. The molecule has 0 aromatic heterocycles. The second-order valence-corrected chi connectivity index (χ2v) is 1.93. The second-order valence-electron chi connectivity index (χ2n) is 1.93. The fourth-order valence-corrected chi connectivity index (χ4v) is 0.898. The predicted octanol–water partition coefficient (Wildman–Crippen LogP) is -4.22. The van der Waals surface area contributed by atoms with E-state index in [2.05, 4.69) is 6.42 Å². The van der Waals surface area contributed by atoms with E-state index in [-0.39, 0.29) is 42.2 Å². The van der Waals surface area contributed by atoms with Gasteiger partial charge in [0, 0.05) is 0 Å². The van der Waals surface area contributed by atoms with Gasteiger partial charge in [0.05, 0.1) is 0 Å². The van der Waals surface area contributed by atoms with Crippen LogP contribution in [0.5, 0.6) is 0 Å². The summed E-state index contributed by atoms with van der Waals surface area (Å²) < 4.78 is 0. The summed E-state index contributed by atoms with van der Waals surface area (Å²) in [7, 11) is 0. The summed E-state index contributed by atoms with van der Waals surface area (Å²) >= 11 is 0. The first-order valence-electron chi connectivity index (χ1n) is 2.82. The molecule has 0 saturated heterocycles. The molecule has 0 atom stereocenters. The third kappa shape index (κ3) is 9.11. The van der Waals surface area contributed by atoms with Crippen LogP contribution in [0.1, 0.15) is 32.1 Å². The van der Waals surface area contributed by atoms with Gasteiger partial charge >= 0.3 is 17.4 Å². The van der Waals surface area contributed by atoms with Crippen LogP contribution < -0.4 is 24.8 Å². The van der Waals surface area contributed by atoms with Gasteiger partial charge in [-0.25, -0.2) is 0 Å². The van der Waals surface area contributed by atoms with Crippen LogP contribution in [-0.4, -0.2) is 17.4 Å². The van der Waals surface area contributed by atoms with Crippen LogP contribution in [0.2, 0.25) is 0 Å². The van der Waals surface area contributed by atoms with Gasteiger partial charge in [0.15, 0.2) is 0 Å². The molecule has 0 N–H and O–H groups in total. The minimum atomic E-state index is 0. The van der Waals surface area contributed by atoms with Crippen molar-refractivity contribution in [1.82, 2.24) is 0 Å². The summed E-state index contributed by atoms with van der Waals surface area (Å²) in [5.74, 6) is 0. The summed E-state index contributed by atoms with van der Waals surface area (Å²) in [6.45, 7) is 0. The number of hydrogen-bond donors (Lipinski definition) is 0. The van der Waals surface area contributed by atoms with Gasteiger partial charge in [-0.2, -0.15) is 12.8 Å². The van der Waals surface area contributed by atoms with E-state index in [1.54, 1.807) is 0 Å². The molecule has 3 heteroatoms. The first-order chi connectivity index (χ1) is 3.00. The SMILES string of the molecule is [Al+3].[CH-]1CCCCC1.[Cl-].[Cl-]. The van der Waals surface area contributed by atoms with Gasteiger partial charge in [-0.15, -0.1) is 0 Å². The second kappa shape index (κ2) is 11.9. The maximum Gasteiger partial charge on any atom is 3.00 e. The normalized spacial score (nSPS) is 16.0. The summed E-state index contributed by atoms with van der Waals surface area (Å²) in [6, 6.07) is 0. The molecule has 0 aromatic rings. The molecule has 1 fully saturated rings. The molecule has 0 spiro atoms. The molecule has 0 unspecified atom stereocenters.